The number of aliphatic hydroxyl groups excluding tert-OH is 1. The molecule has 4 atom stereocenters. The van der Waals surface area contributed by atoms with E-state index in [-0.39, 0.29) is 12.2 Å². The Bertz CT molecular complexity index is 749. The van der Waals surface area contributed by atoms with Crippen LogP contribution in [0.4, 0.5) is 0 Å². The summed E-state index contributed by atoms with van der Waals surface area (Å²) in [4.78, 5) is 10.9. The molecule has 2 bridgehead atoms. The lowest BCUT2D eigenvalue weighted by molar-refractivity contribution is 0.000988. The number of ether oxygens (including phenoxy) is 1. The summed E-state index contributed by atoms with van der Waals surface area (Å²) in [7, 11) is 0. The van der Waals surface area contributed by atoms with Gasteiger partial charge >= 0.3 is 0 Å². The molecule has 0 radical (unpaired) electrons. The summed E-state index contributed by atoms with van der Waals surface area (Å²) in [6.45, 7) is 3.45. The largest absolute Gasteiger partial charge is 0.396 e. The van der Waals surface area contributed by atoms with E-state index < -0.39 is 0 Å². The normalized spacial score (nSPS) is 35.1. The summed E-state index contributed by atoms with van der Waals surface area (Å²) in [6.07, 6.45) is 10.1. The Hall–Kier alpha value is -1.57. The van der Waals surface area contributed by atoms with Crippen molar-refractivity contribution in [1.82, 2.24) is 24.5 Å². The van der Waals surface area contributed by atoms with E-state index in [0.717, 1.165) is 38.9 Å². The molecule has 128 valence electrons. The first-order valence-corrected chi connectivity index (χ1v) is 8.93. The summed E-state index contributed by atoms with van der Waals surface area (Å²) in [5.41, 5.74) is 1.23. The van der Waals surface area contributed by atoms with Crippen LogP contribution in [0.25, 0.3) is 5.78 Å². The lowest BCUT2D eigenvalue weighted by Crippen LogP contribution is -2.37. The van der Waals surface area contributed by atoms with Crippen LogP contribution in [0.1, 0.15) is 24.8 Å². The Morgan fingerprint density at radius 1 is 1.38 bits per heavy atom. The number of rotatable bonds is 5. The first-order chi connectivity index (χ1) is 11.8. The molecule has 1 spiro atoms. The molecule has 0 amide bonds. The molecule has 2 aromatic rings. The number of aryl methyl sites for hydroxylation is 1. The number of hydrogen-bond acceptors (Lipinski definition) is 6. The molecule has 1 N–H and O–H groups in total. The van der Waals surface area contributed by atoms with Crippen LogP contribution < -0.4 is 0 Å². The highest BCUT2D eigenvalue weighted by molar-refractivity contribution is 5.25. The zero-order chi connectivity index (χ0) is 16.1. The number of nitrogens with zero attached hydrogens (tertiary/aromatic N) is 5. The Morgan fingerprint density at radius 2 is 2.33 bits per heavy atom. The van der Waals surface area contributed by atoms with E-state index in [9.17, 15) is 5.11 Å². The predicted molar refractivity (Wildman–Crippen MR) is 86.4 cm³/mol. The van der Waals surface area contributed by atoms with Crippen molar-refractivity contribution >= 4 is 5.78 Å². The number of aromatic nitrogens is 4. The van der Waals surface area contributed by atoms with Gasteiger partial charge in [-0.25, -0.2) is 9.50 Å². The highest BCUT2D eigenvalue weighted by Crippen LogP contribution is 2.54. The van der Waals surface area contributed by atoms with Crippen molar-refractivity contribution in [2.24, 2.45) is 11.8 Å². The zero-order valence-corrected chi connectivity index (χ0v) is 13.7. The maximum atomic E-state index is 9.69. The molecule has 3 aliphatic rings. The molecule has 7 heteroatoms. The zero-order valence-electron chi connectivity index (χ0n) is 13.7. The fourth-order valence-corrected chi connectivity index (χ4v) is 5.10. The molecule has 2 aromatic heterocycles. The van der Waals surface area contributed by atoms with Gasteiger partial charge in [0.25, 0.3) is 5.78 Å². The van der Waals surface area contributed by atoms with Crippen LogP contribution >= 0.6 is 0 Å². The lowest BCUT2D eigenvalue weighted by Gasteiger charge is -2.28. The molecule has 0 aromatic carbocycles. The van der Waals surface area contributed by atoms with E-state index in [1.54, 1.807) is 4.52 Å². The first kappa shape index (κ1) is 14.7. The van der Waals surface area contributed by atoms with Gasteiger partial charge in [0.2, 0.25) is 0 Å². The first-order valence-electron chi connectivity index (χ1n) is 8.93. The summed E-state index contributed by atoms with van der Waals surface area (Å²) in [5.74, 6) is 1.52. The Kier molecular flexibility index (Phi) is 3.36. The van der Waals surface area contributed by atoms with Gasteiger partial charge in [-0.2, -0.15) is 10.1 Å². The van der Waals surface area contributed by atoms with Crippen molar-refractivity contribution in [1.29, 1.82) is 0 Å². The molecule has 3 saturated heterocycles. The van der Waals surface area contributed by atoms with Crippen molar-refractivity contribution < 1.29 is 9.84 Å². The highest BCUT2D eigenvalue weighted by Gasteiger charge is 2.62. The molecule has 7 nitrogen and oxygen atoms in total. The monoisotopic (exact) mass is 329 g/mol. The van der Waals surface area contributed by atoms with Gasteiger partial charge in [-0.15, -0.1) is 0 Å². The minimum Gasteiger partial charge on any atom is -0.396 e. The van der Waals surface area contributed by atoms with Crippen molar-refractivity contribution in [3.63, 3.8) is 0 Å². The van der Waals surface area contributed by atoms with Gasteiger partial charge in [-0.1, -0.05) is 0 Å². The maximum Gasteiger partial charge on any atom is 0.252 e. The third-order valence-corrected chi connectivity index (χ3v) is 6.19. The van der Waals surface area contributed by atoms with Crippen molar-refractivity contribution in [2.75, 3.05) is 26.2 Å². The summed E-state index contributed by atoms with van der Waals surface area (Å²) >= 11 is 0. The molecule has 5 heterocycles. The molecule has 5 rings (SSSR count). The molecular weight excluding hydrogens is 306 g/mol. The van der Waals surface area contributed by atoms with Gasteiger partial charge in [-0.3, -0.25) is 0 Å². The average molecular weight is 329 g/mol. The topological polar surface area (TPSA) is 75.8 Å². The van der Waals surface area contributed by atoms with Crippen molar-refractivity contribution in [3.8, 4) is 0 Å². The van der Waals surface area contributed by atoms with E-state index in [1.165, 1.54) is 18.3 Å². The second-order valence-electron chi connectivity index (χ2n) is 7.52. The van der Waals surface area contributed by atoms with Gasteiger partial charge in [0.05, 0.1) is 11.7 Å². The molecule has 3 fully saturated rings. The van der Waals surface area contributed by atoms with Crippen LogP contribution in [-0.4, -0.2) is 67.5 Å². The summed E-state index contributed by atoms with van der Waals surface area (Å²) < 4.78 is 8.02. The summed E-state index contributed by atoms with van der Waals surface area (Å²) in [5, 5.41) is 13.8. The Balaban J connectivity index is 1.19. The van der Waals surface area contributed by atoms with Crippen molar-refractivity contribution in [2.45, 2.75) is 37.4 Å². The molecular formula is C17H23N5O2. The number of hydrogen-bond donors (Lipinski definition) is 1. The quantitative estimate of drug-likeness (QED) is 0.862. The third-order valence-electron chi connectivity index (χ3n) is 6.19. The van der Waals surface area contributed by atoms with Crippen LogP contribution in [0, 0.1) is 11.8 Å². The van der Waals surface area contributed by atoms with Gasteiger partial charge in [-0.05, 0) is 37.8 Å². The molecule has 0 saturated carbocycles. The standard InChI is InChI=1S/C17H23N5O2/c23-9-13-14-8-21(10-17(14)4-3-15(13)24-17)5-1-2-12-6-18-16-19-11-20-22(16)7-12/h6-7,11,13-15,23H,1-5,8-10H2/t13-,14+,15+,17+/m1/s1. The van der Waals surface area contributed by atoms with E-state index in [1.807, 2.05) is 12.4 Å². The van der Waals surface area contributed by atoms with Gasteiger partial charge in [0, 0.05) is 43.9 Å². The van der Waals surface area contributed by atoms with Gasteiger partial charge in [0.1, 0.15) is 6.33 Å². The molecule has 0 aliphatic carbocycles. The number of fused-ring (bicyclic) bond motifs is 2. The lowest BCUT2D eigenvalue weighted by atomic mass is 9.74. The maximum absolute atomic E-state index is 9.69. The highest BCUT2D eigenvalue weighted by atomic mass is 16.5. The molecule has 3 aliphatic heterocycles. The Morgan fingerprint density at radius 3 is 3.25 bits per heavy atom. The van der Waals surface area contributed by atoms with Crippen molar-refractivity contribution in [3.05, 3.63) is 24.3 Å². The van der Waals surface area contributed by atoms with E-state index in [2.05, 4.69) is 20.0 Å². The van der Waals surface area contributed by atoms with Gasteiger partial charge in [0.15, 0.2) is 0 Å². The third kappa shape index (κ3) is 2.18. The Labute approximate surface area is 140 Å². The average Bonchev–Trinajstić information content (AvgIpc) is 3.32. The van der Waals surface area contributed by atoms with Crippen LogP contribution in [0.5, 0.6) is 0 Å². The second-order valence-corrected chi connectivity index (χ2v) is 7.52. The van der Waals surface area contributed by atoms with Crippen LogP contribution in [-0.2, 0) is 11.2 Å². The summed E-state index contributed by atoms with van der Waals surface area (Å²) in [6, 6.07) is 0. The number of likely N-dealkylation sites (tertiary alicyclic amines) is 1. The fraction of sp³-hybridized carbons (Fsp3) is 0.706. The van der Waals surface area contributed by atoms with E-state index >= 15 is 0 Å². The molecule has 0 unspecified atom stereocenters. The smallest absolute Gasteiger partial charge is 0.252 e. The molecule has 24 heavy (non-hydrogen) atoms. The van der Waals surface area contributed by atoms with E-state index in [4.69, 9.17) is 4.74 Å². The minimum atomic E-state index is 0.0409. The van der Waals surface area contributed by atoms with Gasteiger partial charge < -0.3 is 14.7 Å². The van der Waals surface area contributed by atoms with Crippen LogP contribution in [0.2, 0.25) is 0 Å². The predicted octanol–water partition coefficient (Wildman–Crippen LogP) is 0.529. The SMILES string of the molecule is OC[C@H]1[C@@H]2CC[C@@]3(CN(CCCc4cnc5ncnn5c4)C[C@@H]13)O2. The van der Waals surface area contributed by atoms with Crippen LogP contribution in [0.15, 0.2) is 18.7 Å². The van der Waals surface area contributed by atoms with Crippen LogP contribution in [0.3, 0.4) is 0 Å². The second kappa shape index (κ2) is 5.47. The number of aliphatic hydroxyl groups is 1. The van der Waals surface area contributed by atoms with E-state index in [0.29, 0.717) is 23.7 Å². The minimum absolute atomic E-state index is 0.0409. The fourth-order valence-electron chi connectivity index (χ4n) is 5.10.